The van der Waals surface area contributed by atoms with Gasteiger partial charge >= 0.3 is 0 Å². The number of methoxy groups -OCH3 is 1. The molecule has 1 rings (SSSR count). The highest BCUT2D eigenvalue weighted by Gasteiger charge is 2.42. The number of rotatable bonds is 2. The van der Waals surface area contributed by atoms with Crippen LogP contribution in [0.25, 0.3) is 0 Å². The summed E-state index contributed by atoms with van der Waals surface area (Å²) >= 11 is 0. The lowest BCUT2D eigenvalue weighted by Gasteiger charge is -2.39. The Hall–Kier alpha value is 0.0500. The maximum atomic E-state index is 9.40. The summed E-state index contributed by atoms with van der Waals surface area (Å²) in [5, 5.41) is 27.6. The molecule has 0 bridgehead atoms. The van der Waals surface area contributed by atoms with Crippen LogP contribution in [0.2, 0.25) is 0 Å². The summed E-state index contributed by atoms with van der Waals surface area (Å²) in [5.74, 6) is 0. The maximum Gasteiger partial charge on any atom is 0.185 e. The lowest BCUT2D eigenvalue weighted by molar-refractivity contribution is -0.267. The summed E-state index contributed by atoms with van der Waals surface area (Å²) in [6.45, 7) is -0.360. The zero-order valence-electron chi connectivity index (χ0n) is 7.74. The number of aliphatic hydroxyl groups excluding tert-OH is 3. The Kier molecular flexibility index (Phi) is 5.84. The van der Waals surface area contributed by atoms with Gasteiger partial charge in [-0.1, -0.05) is 0 Å². The maximum absolute atomic E-state index is 9.40. The monoisotopic (exact) mass is 229 g/mol. The largest absolute Gasteiger partial charge is 0.394 e. The summed E-state index contributed by atoms with van der Waals surface area (Å²) in [7, 11) is 1.35. The average molecular weight is 230 g/mol. The average Bonchev–Trinajstić information content (AvgIpc) is 2.15. The molecule has 0 amide bonds. The lowest BCUT2D eigenvalue weighted by Crippen LogP contribution is -2.62. The van der Waals surface area contributed by atoms with Gasteiger partial charge in [0, 0.05) is 7.11 Å². The quantitative estimate of drug-likeness (QED) is 0.429. The van der Waals surface area contributed by atoms with Crippen LogP contribution in [0.4, 0.5) is 0 Å². The minimum atomic E-state index is -1.08. The van der Waals surface area contributed by atoms with Gasteiger partial charge in [-0.2, -0.15) is 0 Å². The van der Waals surface area contributed by atoms with E-state index in [1.165, 1.54) is 7.11 Å². The van der Waals surface area contributed by atoms with E-state index >= 15 is 0 Å². The minimum Gasteiger partial charge on any atom is -0.394 e. The van der Waals surface area contributed by atoms with Gasteiger partial charge in [0.15, 0.2) is 6.29 Å². The molecule has 0 aliphatic carbocycles. The number of ether oxygens (including phenoxy) is 2. The first-order valence-electron chi connectivity index (χ1n) is 4.02. The summed E-state index contributed by atoms with van der Waals surface area (Å²) in [6, 6.07) is -0.865. The van der Waals surface area contributed by atoms with Crippen LogP contribution >= 0.6 is 12.4 Å². The van der Waals surface area contributed by atoms with E-state index < -0.39 is 30.6 Å². The van der Waals surface area contributed by atoms with Crippen molar-refractivity contribution >= 4 is 12.4 Å². The third kappa shape index (κ3) is 2.54. The summed E-state index contributed by atoms with van der Waals surface area (Å²) in [6.07, 6.45) is -3.85. The standard InChI is InChI=1S/C7H15NO5.ClH/c1-12-7-6(11)4(8)5(10)3(2-9)13-7;/h3-7,9-11H,2,8H2,1H3;1H/t3-,4+,5-,6+,7+;/m1./s1. The highest BCUT2D eigenvalue weighted by Crippen LogP contribution is 2.19. The Morgan fingerprint density at radius 2 is 1.93 bits per heavy atom. The Labute approximate surface area is 88.0 Å². The Morgan fingerprint density at radius 3 is 2.36 bits per heavy atom. The van der Waals surface area contributed by atoms with Crippen LogP contribution in [0.3, 0.4) is 0 Å². The van der Waals surface area contributed by atoms with E-state index in [-0.39, 0.29) is 19.0 Å². The first-order valence-corrected chi connectivity index (χ1v) is 4.02. The number of nitrogens with two attached hydrogens (primary N) is 1. The molecule has 1 aliphatic rings. The summed E-state index contributed by atoms with van der Waals surface area (Å²) in [4.78, 5) is 0. The molecule has 0 aromatic rings. The zero-order valence-corrected chi connectivity index (χ0v) is 8.55. The number of halogens is 1. The Morgan fingerprint density at radius 1 is 1.36 bits per heavy atom. The van der Waals surface area contributed by atoms with E-state index in [0.29, 0.717) is 0 Å². The van der Waals surface area contributed by atoms with Gasteiger partial charge in [-0.3, -0.25) is 0 Å². The topological polar surface area (TPSA) is 105 Å². The van der Waals surface area contributed by atoms with E-state index in [0.717, 1.165) is 0 Å². The van der Waals surface area contributed by atoms with Crippen LogP contribution in [-0.4, -0.2) is 59.7 Å². The molecule has 1 fully saturated rings. The second-order valence-corrected chi connectivity index (χ2v) is 3.02. The zero-order chi connectivity index (χ0) is 10.0. The number of hydrogen-bond donors (Lipinski definition) is 4. The van der Waals surface area contributed by atoms with E-state index in [1.807, 2.05) is 0 Å². The predicted molar refractivity (Wildman–Crippen MR) is 50.0 cm³/mol. The molecule has 1 saturated heterocycles. The molecule has 0 radical (unpaired) electrons. The van der Waals surface area contributed by atoms with Crippen molar-refractivity contribution in [2.75, 3.05) is 13.7 Å². The van der Waals surface area contributed by atoms with Gasteiger partial charge in [0.1, 0.15) is 18.3 Å². The van der Waals surface area contributed by atoms with Gasteiger partial charge in [0.25, 0.3) is 0 Å². The lowest BCUT2D eigenvalue weighted by atomic mass is 9.97. The van der Waals surface area contributed by atoms with E-state index in [4.69, 9.17) is 20.3 Å². The molecule has 5 atom stereocenters. The molecule has 6 nitrogen and oxygen atoms in total. The molecule has 0 aromatic carbocycles. The minimum absolute atomic E-state index is 0. The molecular formula is C7H16ClNO5. The van der Waals surface area contributed by atoms with Crippen molar-refractivity contribution in [3.05, 3.63) is 0 Å². The normalized spacial score (nSPS) is 43.1. The van der Waals surface area contributed by atoms with Crippen LogP contribution in [-0.2, 0) is 9.47 Å². The first-order chi connectivity index (χ1) is 6.11. The van der Waals surface area contributed by atoms with Crippen molar-refractivity contribution in [2.45, 2.75) is 30.6 Å². The third-order valence-corrected chi connectivity index (χ3v) is 2.17. The fraction of sp³-hybridized carbons (Fsp3) is 1.00. The van der Waals surface area contributed by atoms with Crippen molar-refractivity contribution < 1.29 is 24.8 Å². The molecule has 5 N–H and O–H groups in total. The highest BCUT2D eigenvalue weighted by molar-refractivity contribution is 5.85. The molecule has 0 spiro atoms. The second kappa shape index (κ2) is 5.82. The molecule has 1 heterocycles. The van der Waals surface area contributed by atoms with Gasteiger partial charge in [-0.15, -0.1) is 12.4 Å². The van der Waals surface area contributed by atoms with E-state index in [9.17, 15) is 10.2 Å². The molecule has 0 aromatic heterocycles. The van der Waals surface area contributed by atoms with Gasteiger partial charge in [0.05, 0.1) is 12.6 Å². The molecule has 0 unspecified atom stereocenters. The van der Waals surface area contributed by atoms with Crippen LogP contribution in [0.15, 0.2) is 0 Å². The molecule has 86 valence electrons. The Balaban J connectivity index is 0.00000169. The van der Waals surface area contributed by atoms with Crippen molar-refractivity contribution in [1.29, 1.82) is 0 Å². The van der Waals surface area contributed by atoms with E-state index in [1.54, 1.807) is 0 Å². The van der Waals surface area contributed by atoms with Gasteiger partial charge in [-0.05, 0) is 0 Å². The van der Waals surface area contributed by atoms with Crippen LogP contribution < -0.4 is 5.73 Å². The molecule has 1 aliphatic heterocycles. The third-order valence-electron chi connectivity index (χ3n) is 2.17. The van der Waals surface area contributed by atoms with Crippen LogP contribution in [0.5, 0.6) is 0 Å². The number of aliphatic hydroxyl groups is 3. The van der Waals surface area contributed by atoms with Crippen molar-refractivity contribution in [3.8, 4) is 0 Å². The first kappa shape index (κ1) is 14.1. The number of hydrogen-bond acceptors (Lipinski definition) is 6. The highest BCUT2D eigenvalue weighted by atomic mass is 35.5. The van der Waals surface area contributed by atoms with Crippen molar-refractivity contribution in [3.63, 3.8) is 0 Å². The van der Waals surface area contributed by atoms with Gasteiger partial charge in [-0.25, -0.2) is 0 Å². The molecule has 14 heavy (non-hydrogen) atoms. The van der Waals surface area contributed by atoms with E-state index in [2.05, 4.69) is 0 Å². The molecular weight excluding hydrogens is 214 g/mol. The fourth-order valence-electron chi connectivity index (χ4n) is 1.31. The summed E-state index contributed by atoms with van der Waals surface area (Å²) < 4.78 is 9.81. The van der Waals surface area contributed by atoms with Gasteiger partial charge < -0.3 is 30.5 Å². The van der Waals surface area contributed by atoms with Crippen molar-refractivity contribution in [2.24, 2.45) is 5.73 Å². The molecule has 7 heteroatoms. The Bertz CT molecular complexity index is 152. The smallest absolute Gasteiger partial charge is 0.185 e. The van der Waals surface area contributed by atoms with Crippen LogP contribution in [0, 0.1) is 0 Å². The van der Waals surface area contributed by atoms with Crippen molar-refractivity contribution in [1.82, 2.24) is 0 Å². The SMILES string of the molecule is CO[C@H]1O[C@H](CO)[C@@H](O)[C@H](N)[C@@H]1O.Cl. The van der Waals surface area contributed by atoms with Gasteiger partial charge in [0.2, 0.25) is 0 Å². The summed E-state index contributed by atoms with van der Waals surface area (Å²) in [5.41, 5.74) is 5.48. The fourth-order valence-corrected chi connectivity index (χ4v) is 1.31. The second-order valence-electron chi connectivity index (χ2n) is 3.02. The molecule has 0 saturated carbocycles. The predicted octanol–water partition coefficient (Wildman–Crippen LogP) is -2.18. The van der Waals surface area contributed by atoms with Crippen LogP contribution in [0.1, 0.15) is 0 Å².